The number of Topliss-reactive ketones (excluding diaryl/α,β-unsaturated/α-hetero) is 2. The number of ketones is 2. The van der Waals surface area contributed by atoms with Crippen molar-refractivity contribution in [3.63, 3.8) is 0 Å². The van der Waals surface area contributed by atoms with Crippen molar-refractivity contribution in [3.8, 4) is 0 Å². The van der Waals surface area contributed by atoms with E-state index in [1.165, 1.54) is 0 Å². The lowest BCUT2D eigenvalue weighted by Gasteiger charge is -2.45. The first-order chi connectivity index (χ1) is 22.7. The Hall–Kier alpha value is -2.34. The van der Waals surface area contributed by atoms with E-state index in [1.807, 2.05) is 6.08 Å². The van der Waals surface area contributed by atoms with Gasteiger partial charge in [0.25, 0.3) is 5.60 Å². The summed E-state index contributed by atoms with van der Waals surface area (Å²) in [6, 6.07) is 0. The molecule has 2 aliphatic carbocycles. The summed E-state index contributed by atoms with van der Waals surface area (Å²) in [7, 11) is 1.79. The molecule has 47 heavy (non-hydrogen) atoms. The molecule has 3 aliphatic heterocycles. The summed E-state index contributed by atoms with van der Waals surface area (Å²) in [5.74, 6) is -0.611. The van der Waals surface area contributed by atoms with Crippen LogP contribution in [-0.2, 0) is 23.9 Å². The maximum Gasteiger partial charge on any atom is 0.349 e. The summed E-state index contributed by atoms with van der Waals surface area (Å²) in [6.45, 7) is 9.76. The smallest absolute Gasteiger partial charge is 0.349 e. The first kappa shape index (κ1) is 36.0. The Labute approximate surface area is 281 Å². The highest BCUT2D eigenvalue weighted by atomic mass is 16.7. The monoisotopic (exact) mass is 656 g/mol. The number of unbranched alkanes of at least 4 members (excludes halogenated alkanes) is 1. The summed E-state index contributed by atoms with van der Waals surface area (Å²) in [6.07, 6.45) is 12.8. The first-order valence-electron chi connectivity index (χ1n) is 18.5. The van der Waals surface area contributed by atoms with Gasteiger partial charge in [0.15, 0.2) is 23.1 Å². The number of hydrogen-bond donors (Lipinski definition) is 5. The molecule has 0 amide bonds. The Morgan fingerprint density at radius 3 is 2.62 bits per heavy atom. The number of nitrogens with zero attached hydrogens (tertiary/aromatic N) is 1. The lowest BCUT2D eigenvalue weighted by Crippen LogP contribution is -2.59. The second kappa shape index (κ2) is 15.5. The summed E-state index contributed by atoms with van der Waals surface area (Å²) in [5, 5.41) is 13.9. The zero-order chi connectivity index (χ0) is 33.7. The standard InChI is InChI=1S/C36H60N6O5/c1-5-7-11-25(22-39-6-2)23-46-32(45)36-31(44)28-13-9-8-12-27(28)30(43)35(36,47-36)17-14-24(3)21-34(26-15-19-40-29(37)20-26)16-10-18-41-33(38-4)42-34/h14,25-29,39-40H,5-13,15-23,37H2,1-4H3,(H2,38,41,42)/t25-,26?,27?,28?,29?,34-,35+,36+/m1/s1. The van der Waals surface area contributed by atoms with Gasteiger partial charge in [0.05, 0.1) is 12.8 Å². The largest absolute Gasteiger partial charge is 0.463 e. The number of esters is 1. The number of guanidine groups is 1. The number of aliphatic imine (C=N–C) groups is 1. The van der Waals surface area contributed by atoms with Gasteiger partial charge in [0, 0.05) is 49.9 Å². The van der Waals surface area contributed by atoms with Gasteiger partial charge >= 0.3 is 5.97 Å². The number of nitrogens with one attached hydrogen (secondary N) is 4. The third-order valence-electron chi connectivity index (χ3n) is 11.7. The molecule has 0 aromatic carbocycles. The van der Waals surface area contributed by atoms with Gasteiger partial charge in [-0.25, -0.2) is 4.79 Å². The average Bonchev–Trinajstić information content (AvgIpc) is 3.83. The van der Waals surface area contributed by atoms with E-state index in [2.05, 4.69) is 47.0 Å². The van der Waals surface area contributed by atoms with Crippen molar-refractivity contribution in [2.24, 2.45) is 34.4 Å². The van der Waals surface area contributed by atoms with Gasteiger partial charge < -0.3 is 36.5 Å². The zero-order valence-corrected chi connectivity index (χ0v) is 29.3. The SMILES string of the molecule is CCCC[C@H](CNCC)COC(=O)[C@]12O[C@@]1(CC=C(C)C[C@@]1(C3CCNC(N)C3)CCCNC(=NC)N1)C(=O)C1CCCCC1C2=O. The Bertz CT molecular complexity index is 1200. The number of rotatable bonds is 14. The fraction of sp³-hybridized carbons (Fsp3) is 0.833. The molecular weight excluding hydrogens is 596 g/mol. The lowest BCUT2D eigenvalue weighted by atomic mass is 9.61. The van der Waals surface area contributed by atoms with Crippen LogP contribution in [0.25, 0.3) is 0 Å². The van der Waals surface area contributed by atoms with E-state index in [-0.39, 0.29) is 48.1 Å². The molecule has 3 saturated heterocycles. The topological polar surface area (TPSA) is 159 Å². The maximum absolute atomic E-state index is 14.3. The van der Waals surface area contributed by atoms with E-state index in [4.69, 9.17) is 15.2 Å². The number of fused-ring (bicyclic) bond motifs is 2. The van der Waals surface area contributed by atoms with Crippen LogP contribution in [0.3, 0.4) is 0 Å². The number of nitrogens with two attached hydrogens (primary N) is 1. The molecule has 0 bridgehead atoms. The minimum absolute atomic E-state index is 0.0612. The molecule has 3 heterocycles. The van der Waals surface area contributed by atoms with E-state index < -0.39 is 23.1 Å². The fourth-order valence-electron chi connectivity index (χ4n) is 9.01. The Morgan fingerprint density at radius 2 is 1.91 bits per heavy atom. The van der Waals surface area contributed by atoms with E-state index in [0.29, 0.717) is 18.8 Å². The molecule has 0 aromatic heterocycles. The zero-order valence-electron chi connectivity index (χ0n) is 29.3. The van der Waals surface area contributed by atoms with Gasteiger partial charge in [-0.1, -0.05) is 51.2 Å². The highest BCUT2D eigenvalue weighted by molar-refractivity contribution is 6.23. The molecule has 11 heteroatoms. The molecule has 11 nitrogen and oxygen atoms in total. The molecule has 5 fully saturated rings. The average molecular weight is 657 g/mol. The van der Waals surface area contributed by atoms with Crippen molar-refractivity contribution in [3.05, 3.63) is 11.6 Å². The molecule has 0 spiro atoms. The van der Waals surface area contributed by atoms with Crippen molar-refractivity contribution in [2.45, 2.75) is 127 Å². The van der Waals surface area contributed by atoms with E-state index in [1.54, 1.807) is 7.05 Å². The summed E-state index contributed by atoms with van der Waals surface area (Å²) in [5.41, 5.74) is 3.89. The third kappa shape index (κ3) is 7.19. The molecule has 264 valence electrons. The van der Waals surface area contributed by atoms with Gasteiger partial charge in [-0.3, -0.25) is 14.6 Å². The molecule has 6 N–H and O–H groups in total. The highest BCUT2D eigenvalue weighted by Crippen LogP contribution is 2.61. The number of carbonyl (C=O) groups excluding carboxylic acids is 3. The Morgan fingerprint density at radius 1 is 1.15 bits per heavy atom. The number of piperidine rings is 1. The molecule has 0 aromatic rings. The highest BCUT2D eigenvalue weighted by Gasteiger charge is 2.86. The number of carbonyl (C=O) groups is 3. The predicted octanol–water partition coefficient (Wildman–Crippen LogP) is 3.12. The first-order valence-corrected chi connectivity index (χ1v) is 18.5. The molecule has 8 atom stereocenters. The normalized spacial score (nSPS) is 37.2. The van der Waals surface area contributed by atoms with Crippen LogP contribution in [0.4, 0.5) is 0 Å². The van der Waals surface area contributed by atoms with Crippen LogP contribution >= 0.6 is 0 Å². The quantitative estimate of drug-likeness (QED) is 0.0814. The minimum atomic E-state index is -1.83. The van der Waals surface area contributed by atoms with Gasteiger partial charge in [-0.05, 0) is 77.3 Å². The van der Waals surface area contributed by atoms with Crippen LogP contribution in [-0.4, -0.2) is 86.2 Å². The summed E-state index contributed by atoms with van der Waals surface area (Å²) < 4.78 is 12.2. The minimum Gasteiger partial charge on any atom is -0.463 e. The number of ether oxygens (including phenoxy) is 2. The van der Waals surface area contributed by atoms with Gasteiger partial charge in [-0.2, -0.15) is 0 Å². The van der Waals surface area contributed by atoms with Crippen LogP contribution in [0.15, 0.2) is 16.6 Å². The molecule has 0 radical (unpaired) electrons. The Kier molecular flexibility index (Phi) is 11.8. The molecular formula is C36H60N6O5. The van der Waals surface area contributed by atoms with Crippen LogP contribution in [0.1, 0.15) is 104 Å². The van der Waals surface area contributed by atoms with Crippen LogP contribution < -0.4 is 27.0 Å². The van der Waals surface area contributed by atoms with Crippen LogP contribution in [0.5, 0.6) is 0 Å². The second-order valence-corrected chi connectivity index (χ2v) is 14.8. The maximum atomic E-state index is 14.3. The fourth-order valence-corrected chi connectivity index (χ4v) is 9.01. The van der Waals surface area contributed by atoms with Crippen molar-refractivity contribution in [1.82, 2.24) is 21.3 Å². The molecule has 5 rings (SSSR count). The lowest BCUT2D eigenvalue weighted by molar-refractivity contribution is -0.159. The van der Waals surface area contributed by atoms with Crippen LogP contribution in [0.2, 0.25) is 0 Å². The van der Waals surface area contributed by atoms with Crippen molar-refractivity contribution in [2.75, 3.05) is 39.8 Å². The molecule has 5 aliphatic rings. The number of epoxide rings is 1. The van der Waals surface area contributed by atoms with E-state index in [0.717, 1.165) is 102 Å². The van der Waals surface area contributed by atoms with Crippen molar-refractivity contribution < 1.29 is 23.9 Å². The van der Waals surface area contributed by atoms with Crippen molar-refractivity contribution >= 4 is 23.5 Å². The van der Waals surface area contributed by atoms with Gasteiger partial charge in [0.1, 0.15) is 0 Å². The molecule has 2 saturated carbocycles. The van der Waals surface area contributed by atoms with Gasteiger partial charge in [0.2, 0.25) is 0 Å². The Balaban J connectivity index is 1.39. The van der Waals surface area contributed by atoms with E-state index in [9.17, 15) is 14.4 Å². The second-order valence-electron chi connectivity index (χ2n) is 14.8. The third-order valence-corrected chi connectivity index (χ3v) is 11.7. The molecule has 4 unspecified atom stereocenters. The van der Waals surface area contributed by atoms with Crippen LogP contribution in [0, 0.1) is 23.7 Å². The van der Waals surface area contributed by atoms with E-state index >= 15 is 0 Å². The summed E-state index contributed by atoms with van der Waals surface area (Å²) >= 11 is 0. The number of hydrogen-bond acceptors (Lipinski definition) is 9. The van der Waals surface area contributed by atoms with Crippen molar-refractivity contribution in [1.29, 1.82) is 0 Å². The summed E-state index contributed by atoms with van der Waals surface area (Å²) in [4.78, 5) is 47.0. The van der Waals surface area contributed by atoms with Gasteiger partial charge in [-0.15, -0.1) is 0 Å². The predicted molar refractivity (Wildman–Crippen MR) is 183 cm³/mol.